The third-order valence-electron chi connectivity index (χ3n) is 3.59. The molecule has 1 aromatic heterocycles. The number of aliphatic hydroxyl groups is 1. The van der Waals surface area contributed by atoms with E-state index in [1.54, 1.807) is 0 Å². The largest absolute Gasteiger partial charge is 0.456 e. The van der Waals surface area contributed by atoms with Crippen LogP contribution in [0.2, 0.25) is 0 Å². The molecule has 1 amide bonds. The SMILES string of the molecule is CCc1cc(C)c(C(=O)NCC(O)CN2CCOCC2)o1. The van der Waals surface area contributed by atoms with Crippen LogP contribution in [0.1, 0.15) is 28.8 Å². The van der Waals surface area contributed by atoms with Gasteiger partial charge in [0.15, 0.2) is 5.76 Å². The Labute approximate surface area is 125 Å². The predicted molar refractivity (Wildman–Crippen MR) is 78.4 cm³/mol. The van der Waals surface area contributed by atoms with Gasteiger partial charge in [0.1, 0.15) is 5.76 Å². The Morgan fingerprint density at radius 1 is 1.48 bits per heavy atom. The van der Waals surface area contributed by atoms with Crippen molar-refractivity contribution in [2.75, 3.05) is 39.4 Å². The van der Waals surface area contributed by atoms with Crippen LogP contribution in [0.5, 0.6) is 0 Å². The monoisotopic (exact) mass is 296 g/mol. The molecule has 1 aromatic rings. The summed E-state index contributed by atoms with van der Waals surface area (Å²) >= 11 is 0. The van der Waals surface area contributed by atoms with E-state index < -0.39 is 6.10 Å². The average molecular weight is 296 g/mol. The molecule has 0 aromatic carbocycles. The molecule has 0 saturated carbocycles. The maximum absolute atomic E-state index is 12.0. The number of hydrogen-bond acceptors (Lipinski definition) is 5. The number of rotatable bonds is 6. The number of aliphatic hydroxyl groups excluding tert-OH is 1. The number of carbonyl (C=O) groups is 1. The third kappa shape index (κ3) is 4.56. The molecule has 2 rings (SSSR count). The Morgan fingerprint density at radius 3 is 2.81 bits per heavy atom. The summed E-state index contributed by atoms with van der Waals surface area (Å²) in [5.41, 5.74) is 0.826. The van der Waals surface area contributed by atoms with E-state index in [4.69, 9.17) is 9.15 Å². The van der Waals surface area contributed by atoms with Gasteiger partial charge in [0.05, 0.1) is 19.3 Å². The molecule has 2 N–H and O–H groups in total. The Hall–Kier alpha value is -1.37. The molecule has 0 spiro atoms. The van der Waals surface area contributed by atoms with E-state index in [0.29, 0.717) is 25.5 Å². The fourth-order valence-corrected chi connectivity index (χ4v) is 2.38. The maximum Gasteiger partial charge on any atom is 0.287 e. The van der Waals surface area contributed by atoms with Gasteiger partial charge < -0.3 is 19.6 Å². The summed E-state index contributed by atoms with van der Waals surface area (Å²) < 4.78 is 10.7. The molecule has 2 heterocycles. The van der Waals surface area contributed by atoms with Crippen molar-refractivity contribution in [2.45, 2.75) is 26.4 Å². The zero-order chi connectivity index (χ0) is 15.2. The third-order valence-corrected chi connectivity index (χ3v) is 3.59. The van der Waals surface area contributed by atoms with Crippen LogP contribution >= 0.6 is 0 Å². The molecule has 1 atom stereocenters. The number of ether oxygens (including phenoxy) is 1. The van der Waals surface area contributed by atoms with Gasteiger partial charge in [-0.05, 0) is 13.0 Å². The highest BCUT2D eigenvalue weighted by Gasteiger charge is 2.18. The first-order valence-electron chi connectivity index (χ1n) is 7.45. The van der Waals surface area contributed by atoms with Crippen LogP contribution in [0.3, 0.4) is 0 Å². The Kier molecular flexibility index (Phi) is 5.78. The van der Waals surface area contributed by atoms with Gasteiger partial charge in [-0.2, -0.15) is 0 Å². The van der Waals surface area contributed by atoms with Gasteiger partial charge in [-0.15, -0.1) is 0 Å². The van der Waals surface area contributed by atoms with E-state index >= 15 is 0 Å². The molecular formula is C15H24N2O4. The van der Waals surface area contributed by atoms with E-state index in [-0.39, 0.29) is 12.5 Å². The summed E-state index contributed by atoms with van der Waals surface area (Å²) in [5.74, 6) is 0.866. The number of carbonyl (C=O) groups excluding carboxylic acids is 1. The number of aryl methyl sites for hydroxylation is 2. The van der Waals surface area contributed by atoms with Crippen molar-refractivity contribution in [2.24, 2.45) is 0 Å². The fourth-order valence-electron chi connectivity index (χ4n) is 2.38. The number of hydrogen-bond donors (Lipinski definition) is 2. The van der Waals surface area contributed by atoms with Gasteiger partial charge in [-0.25, -0.2) is 0 Å². The number of morpholine rings is 1. The first-order chi connectivity index (χ1) is 10.1. The van der Waals surface area contributed by atoms with E-state index in [9.17, 15) is 9.90 Å². The van der Waals surface area contributed by atoms with Gasteiger partial charge >= 0.3 is 0 Å². The molecule has 1 unspecified atom stereocenters. The first-order valence-corrected chi connectivity index (χ1v) is 7.45. The Bertz CT molecular complexity index is 466. The standard InChI is InChI=1S/C15H24N2O4/c1-3-13-8-11(2)14(21-13)15(19)16-9-12(18)10-17-4-6-20-7-5-17/h8,12,18H,3-7,9-10H2,1-2H3,(H,16,19). The van der Waals surface area contributed by atoms with Crippen LogP contribution in [-0.2, 0) is 11.2 Å². The lowest BCUT2D eigenvalue weighted by Gasteiger charge is -2.28. The number of β-amino-alcohol motifs (C(OH)–C–C–N with tert-alkyl or cyclic N) is 1. The van der Waals surface area contributed by atoms with Crippen LogP contribution < -0.4 is 5.32 Å². The molecule has 1 aliphatic rings. The van der Waals surface area contributed by atoms with Crippen molar-refractivity contribution in [1.82, 2.24) is 10.2 Å². The van der Waals surface area contributed by atoms with Crippen molar-refractivity contribution >= 4 is 5.91 Å². The lowest BCUT2D eigenvalue weighted by Crippen LogP contribution is -2.44. The number of nitrogens with one attached hydrogen (secondary N) is 1. The Balaban J connectivity index is 1.78. The fraction of sp³-hybridized carbons (Fsp3) is 0.667. The van der Waals surface area contributed by atoms with Crippen molar-refractivity contribution in [3.63, 3.8) is 0 Å². The minimum Gasteiger partial charge on any atom is -0.456 e. The molecule has 6 heteroatoms. The van der Waals surface area contributed by atoms with Crippen molar-refractivity contribution in [3.8, 4) is 0 Å². The van der Waals surface area contributed by atoms with Gasteiger partial charge in [-0.1, -0.05) is 6.92 Å². The number of nitrogens with zero attached hydrogens (tertiary/aromatic N) is 1. The highest BCUT2D eigenvalue weighted by atomic mass is 16.5. The molecule has 0 aliphatic carbocycles. The van der Waals surface area contributed by atoms with E-state index in [2.05, 4.69) is 10.2 Å². The lowest BCUT2D eigenvalue weighted by atomic mass is 10.2. The second-order valence-corrected chi connectivity index (χ2v) is 5.36. The number of amides is 1. The molecule has 0 bridgehead atoms. The summed E-state index contributed by atoms with van der Waals surface area (Å²) in [6.07, 6.45) is 0.168. The van der Waals surface area contributed by atoms with E-state index in [1.165, 1.54) is 0 Å². The highest BCUT2D eigenvalue weighted by Crippen LogP contribution is 2.14. The van der Waals surface area contributed by atoms with Crippen LogP contribution in [0.4, 0.5) is 0 Å². The van der Waals surface area contributed by atoms with E-state index in [0.717, 1.165) is 30.8 Å². The zero-order valence-electron chi connectivity index (χ0n) is 12.7. The lowest BCUT2D eigenvalue weighted by molar-refractivity contribution is 0.0148. The Morgan fingerprint density at radius 2 is 2.19 bits per heavy atom. The highest BCUT2D eigenvalue weighted by molar-refractivity contribution is 5.92. The van der Waals surface area contributed by atoms with Gasteiger partial charge in [-0.3, -0.25) is 9.69 Å². The molecule has 0 radical (unpaired) electrons. The molecule has 6 nitrogen and oxygen atoms in total. The summed E-state index contributed by atoms with van der Waals surface area (Å²) in [4.78, 5) is 14.2. The van der Waals surface area contributed by atoms with Crippen molar-refractivity contribution < 1.29 is 19.1 Å². The summed E-state index contributed by atoms with van der Waals surface area (Å²) in [6.45, 7) is 7.63. The number of furan rings is 1. The normalized spacial score (nSPS) is 17.7. The minimum atomic E-state index is -0.590. The molecule has 118 valence electrons. The summed E-state index contributed by atoms with van der Waals surface area (Å²) in [6, 6.07) is 1.87. The molecule has 1 aliphatic heterocycles. The van der Waals surface area contributed by atoms with E-state index in [1.807, 2.05) is 19.9 Å². The first kappa shape index (κ1) is 16.0. The second-order valence-electron chi connectivity index (χ2n) is 5.36. The molecule has 1 saturated heterocycles. The summed E-state index contributed by atoms with van der Waals surface area (Å²) in [7, 11) is 0. The predicted octanol–water partition coefficient (Wildman–Crippen LogP) is 0.573. The zero-order valence-corrected chi connectivity index (χ0v) is 12.7. The molecular weight excluding hydrogens is 272 g/mol. The minimum absolute atomic E-state index is 0.220. The van der Waals surface area contributed by atoms with Crippen LogP contribution in [0, 0.1) is 6.92 Å². The van der Waals surface area contributed by atoms with Gasteiger partial charge in [0.2, 0.25) is 0 Å². The quantitative estimate of drug-likeness (QED) is 0.803. The topological polar surface area (TPSA) is 74.9 Å². The van der Waals surface area contributed by atoms with Gasteiger partial charge in [0.25, 0.3) is 5.91 Å². The average Bonchev–Trinajstić information content (AvgIpc) is 2.87. The smallest absolute Gasteiger partial charge is 0.287 e. The van der Waals surface area contributed by atoms with Crippen LogP contribution in [-0.4, -0.2) is 61.4 Å². The molecule has 1 fully saturated rings. The molecule has 21 heavy (non-hydrogen) atoms. The second kappa shape index (κ2) is 7.59. The summed E-state index contributed by atoms with van der Waals surface area (Å²) in [5, 5.41) is 12.7. The van der Waals surface area contributed by atoms with Crippen LogP contribution in [0.15, 0.2) is 10.5 Å². The van der Waals surface area contributed by atoms with Crippen LogP contribution in [0.25, 0.3) is 0 Å². The van der Waals surface area contributed by atoms with Crippen molar-refractivity contribution in [3.05, 3.63) is 23.2 Å². The maximum atomic E-state index is 12.0. The van der Waals surface area contributed by atoms with Gasteiger partial charge in [0, 0.05) is 38.2 Å². The van der Waals surface area contributed by atoms with Crippen molar-refractivity contribution in [1.29, 1.82) is 0 Å².